The van der Waals surface area contributed by atoms with Gasteiger partial charge in [0.1, 0.15) is 0 Å². The third kappa shape index (κ3) is 8.08. The molecule has 22 heavy (non-hydrogen) atoms. The van der Waals surface area contributed by atoms with Crippen LogP contribution in [0.1, 0.15) is 20.7 Å². The van der Waals surface area contributed by atoms with Gasteiger partial charge in [-0.25, -0.2) is 0 Å². The molecule has 0 atom stereocenters. The van der Waals surface area contributed by atoms with Crippen LogP contribution in [0.3, 0.4) is 0 Å². The molecule has 2 aromatic carbocycles. The standard InChI is InChI=1S/2C7H6O2S.2Na/c2*8-7(9)5-3-1-2-4-6(5)10;;/h2*1-4,10H,(H,8,9);;/q;;2*+1/p-2. The molecule has 0 aromatic heterocycles. The summed E-state index contributed by atoms with van der Waals surface area (Å²) in [5.74, 6) is -2.38. The van der Waals surface area contributed by atoms with Crippen LogP contribution in [0.15, 0.2) is 58.3 Å². The molecule has 0 unspecified atom stereocenters. The van der Waals surface area contributed by atoms with Gasteiger partial charge < -0.3 is 19.8 Å². The van der Waals surface area contributed by atoms with E-state index in [-0.39, 0.29) is 70.2 Å². The van der Waals surface area contributed by atoms with Gasteiger partial charge in [0.15, 0.2) is 0 Å². The van der Waals surface area contributed by atoms with E-state index in [9.17, 15) is 19.8 Å². The van der Waals surface area contributed by atoms with Crippen LogP contribution in [0, 0.1) is 0 Å². The zero-order valence-electron chi connectivity index (χ0n) is 12.1. The molecule has 0 aliphatic rings. The second-order valence-corrected chi connectivity index (χ2v) is 4.57. The molecule has 8 heteroatoms. The van der Waals surface area contributed by atoms with Crippen LogP contribution in [-0.2, 0) is 0 Å². The summed E-state index contributed by atoms with van der Waals surface area (Å²) in [6.45, 7) is 0. The minimum atomic E-state index is -1.19. The van der Waals surface area contributed by atoms with Gasteiger partial charge in [-0.05, 0) is 12.1 Å². The number of benzene rings is 2. The van der Waals surface area contributed by atoms with Crippen molar-refractivity contribution < 1.29 is 78.9 Å². The molecule has 0 saturated heterocycles. The van der Waals surface area contributed by atoms with Crippen molar-refractivity contribution in [2.24, 2.45) is 0 Å². The van der Waals surface area contributed by atoms with Crippen molar-refractivity contribution in [2.45, 2.75) is 9.79 Å². The average Bonchev–Trinajstić information content (AvgIpc) is 2.40. The maximum absolute atomic E-state index is 10.3. The van der Waals surface area contributed by atoms with Gasteiger partial charge in [0.2, 0.25) is 0 Å². The molecule has 0 amide bonds. The van der Waals surface area contributed by atoms with Gasteiger partial charge >= 0.3 is 59.1 Å². The smallest absolute Gasteiger partial charge is 0.545 e. The molecule has 0 spiro atoms. The van der Waals surface area contributed by atoms with Crippen molar-refractivity contribution in [1.82, 2.24) is 0 Å². The van der Waals surface area contributed by atoms with E-state index in [2.05, 4.69) is 25.3 Å². The van der Waals surface area contributed by atoms with Gasteiger partial charge in [0, 0.05) is 20.9 Å². The van der Waals surface area contributed by atoms with Crippen LogP contribution in [0.4, 0.5) is 0 Å². The van der Waals surface area contributed by atoms with Gasteiger partial charge in [-0.3, -0.25) is 0 Å². The quantitative estimate of drug-likeness (QED) is 0.418. The summed E-state index contributed by atoms with van der Waals surface area (Å²) in [5.41, 5.74) is 0.261. The Kier molecular flexibility index (Phi) is 13.8. The summed E-state index contributed by atoms with van der Waals surface area (Å²) in [6, 6.07) is 12.8. The van der Waals surface area contributed by atoms with Crippen molar-refractivity contribution in [3.8, 4) is 0 Å². The van der Waals surface area contributed by atoms with Crippen molar-refractivity contribution in [1.29, 1.82) is 0 Å². The number of carboxylic acids is 2. The van der Waals surface area contributed by atoms with Crippen LogP contribution in [0.25, 0.3) is 0 Å². The molecule has 0 N–H and O–H groups in total. The van der Waals surface area contributed by atoms with Gasteiger partial charge in [-0.15, -0.1) is 25.3 Å². The fourth-order valence-electron chi connectivity index (χ4n) is 1.29. The molecule has 2 rings (SSSR count). The van der Waals surface area contributed by atoms with Crippen molar-refractivity contribution in [2.75, 3.05) is 0 Å². The molecule has 0 bridgehead atoms. The first-order valence-electron chi connectivity index (χ1n) is 5.42. The second-order valence-electron chi connectivity index (χ2n) is 3.61. The van der Waals surface area contributed by atoms with Gasteiger partial charge in [-0.1, -0.05) is 36.4 Å². The first-order valence-corrected chi connectivity index (χ1v) is 6.31. The fraction of sp³-hybridized carbons (Fsp3) is 0. The monoisotopic (exact) mass is 352 g/mol. The summed E-state index contributed by atoms with van der Waals surface area (Å²) in [6.07, 6.45) is 0. The van der Waals surface area contributed by atoms with E-state index < -0.39 is 11.9 Å². The zero-order valence-corrected chi connectivity index (χ0v) is 17.9. The largest absolute Gasteiger partial charge is 1.00 e. The summed E-state index contributed by atoms with van der Waals surface area (Å²) in [4.78, 5) is 21.4. The summed E-state index contributed by atoms with van der Waals surface area (Å²) >= 11 is 7.83. The number of hydrogen-bond acceptors (Lipinski definition) is 6. The molecule has 2 aromatic rings. The maximum Gasteiger partial charge on any atom is 1.00 e. The number of carbonyl (C=O) groups excluding carboxylic acids is 2. The van der Waals surface area contributed by atoms with Crippen LogP contribution < -0.4 is 69.3 Å². The molecule has 0 fully saturated rings. The van der Waals surface area contributed by atoms with E-state index in [1.807, 2.05) is 0 Å². The minimum absolute atomic E-state index is 0. The minimum Gasteiger partial charge on any atom is -0.545 e. The second kappa shape index (κ2) is 12.5. The van der Waals surface area contributed by atoms with Crippen molar-refractivity contribution in [3.63, 3.8) is 0 Å². The Hall–Kier alpha value is 0.0800. The topological polar surface area (TPSA) is 80.3 Å². The predicted molar refractivity (Wildman–Crippen MR) is 76.0 cm³/mol. The number of carbonyl (C=O) groups is 2. The molecule has 0 saturated carbocycles. The SMILES string of the molecule is O=C([O-])c1ccccc1S.O=C([O-])c1ccccc1S.[Na+].[Na+]. The van der Waals surface area contributed by atoms with Crippen LogP contribution >= 0.6 is 25.3 Å². The van der Waals surface area contributed by atoms with E-state index in [4.69, 9.17) is 0 Å². The Bertz CT molecular complexity index is 580. The number of rotatable bonds is 2. The Morgan fingerprint density at radius 2 is 0.955 bits per heavy atom. The molecular formula is C14H10Na2O4S2. The number of carboxylic acid groups (broad SMARTS) is 2. The summed E-state index contributed by atoms with van der Waals surface area (Å²) < 4.78 is 0. The van der Waals surface area contributed by atoms with Crippen LogP contribution in [0.2, 0.25) is 0 Å². The van der Waals surface area contributed by atoms with E-state index in [0.29, 0.717) is 9.79 Å². The molecule has 0 radical (unpaired) electrons. The first-order chi connectivity index (χ1) is 9.43. The van der Waals surface area contributed by atoms with Crippen molar-refractivity contribution in [3.05, 3.63) is 59.7 Å². The van der Waals surface area contributed by atoms with Gasteiger partial charge in [-0.2, -0.15) is 0 Å². The summed E-state index contributed by atoms with van der Waals surface area (Å²) in [5, 5.41) is 20.5. The van der Waals surface area contributed by atoms with E-state index in [0.717, 1.165) is 0 Å². The Morgan fingerprint density at radius 3 is 1.14 bits per heavy atom. The van der Waals surface area contributed by atoms with Crippen LogP contribution in [0.5, 0.6) is 0 Å². The average molecular weight is 352 g/mol. The van der Waals surface area contributed by atoms with Gasteiger partial charge in [0.25, 0.3) is 0 Å². The Morgan fingerprint density at radius 1 is 0.682 bits per heavy atom. The van der Waals surface area contributed by atoms with Gasteiger partial charge in [0.05, 0.1) is 11.9 Å². The van der Waals surface area contributed by atoms with Crippen molar-refractivity contribution >= 4 is 37.2 Å². The molecule has 4 nitrogen and oxygen atoms in total. The van der Waals surface area contributed by atoms with Crippen LogP contribution in [-0.4, -0.2) is 11.9 Å². The van der Waals surface area contributed by atoms with E-state index in [1.54, 1.807) is 36.4 Å². The molecule has 104 valence electrons. The zero-order chi connectivity index (χ0) is 15.1. The van der Waals surface area contributed by atoms with E-state index >= 15 is 0 Å². The molecule has 0 heterocycles. The molecular weight excluding hydrogens is 342 g/mol. The normalized spacial score (nSPS) is 8.45. The third-order valence-electron chi connectivity index (χ3n) is 2.25. The number of thiol groups is 2. The Balaban J connectivity index is 0. The molecule has 0 aliphatic carbocycles. The third-order valence-corrected chi connectivity index (χ3v) is 3.03. The predicted octanol–water partition coefficient (Wildman–Crippen LogP) is -5.31. The Labute approximate surface area is 183 Å². The van der Waals surface area contributed by atoms with E-state index in [1.165, 1.54) is 12.1 Å². The number of hydrogen-bond donors (Lipinski definition) is 2. The fourth-order valence-corrected chi connectivity index (χ4v) is 1.80. The summed E-state index contributed by atoms with van der Waals surface area (Å²) in [7, 11) is 0. The number of aromatic carboxylic acids is 2. The first kappa shape index (κ1) is 24.3. The maximum atomic E-state index is 10.3. The molecule has 0 aliphatic heterocycles.